The number of benzene rings is 2. The standard InChI is InChI=1S/C14H12.Na.H/c1-3-7-13(8-4-1)11-12-14-9-5-2-6-10-14;;/h1-12H;;/b12-11+;;. The molecule has 70 valence electrons. The van der Waals surface area contributed by atoms with Crippen LogP contribution in [0.1, 0.15) is 11.1 Å². The van der Waals surface area contributed by atoms with Crippen molar-refractivity contribution >= 4 is 41.7 Å². The molecule has 0 N–H and O–H groups in total. The Kier molecular flexibility index (Phi) is 5.41. The molecule has 0 aliphatic rings. The van der Waals surface area contributed by atoms with Crippen LogP contribution in [0.4, 0.5) is 0 Å². The van der Waals surface area contributed by atoms with Crippen molar-refractivity contribution in [1.29, 1.82) is 0 Å². The van der Waals surface area contributed by atoms with Gasteiger partial charge in [-0.1, -0.05) is 72.8 Å². The summed E-state index contributed by atoms with van der Waals surface area (Å²) in [7, 11) is 0. The van der Waals surface area contributed by atoms with Gasteiger partial charge < -0.3 is 0 Å². The van der Waals surface area contributed by atoms with Gasteiger partial charge in [0.2, 0.25) is 0 Å². The van der Waals surface area contributed by atoms with Crippen molar-refractivity contribution in [3.63, 3.8) is 0 Å². The first-order valence-corrected chi connectivity index (χ1v) is 4.73. The van der Waals surface area contributed by atoms with Crippen molar-refractivity contribution in [3.8, 4) is 0 Å². The van der Waals surface area contributed by atoms with Gasteiger partial charge in [0.05, 0.1) is 0 Å². The average molecular weight is 204 g/mol. The second-order valence-corrected chi connectivity index (χ2v) is 3.15. The zero-order valence-corrected chi connectivity index (χ0v) is 7.93. The van der Waals surface area contributed by atoms with Gasteiger partial charge in [0, 0.05) is 0 Å². The number of hydrogen-bond donors (Lipinski definition) is 0. The van der Waals surface area contributed by atoms with Crippen LogP contribution in [0.25, 0.3) is 12.2 Å². The first kappa shape index (κ1) is 12.3. The normalized spacial score (nSPS) is 9.87. The predicted molar refractivity (Wildman–Crippen MR) is 69.0 cm³/mol. The van der Waals surface area contributed by atoms with E-state index in [-0.39, 0.29) is 29.6 Å². The Morgan fingerprint density at radius 1 is 0.533 bits per heavy atom. The zero-order chi connectivity index (χ0) is 9.64. The monoisotopic (exact) mass is 204 g/mol. The fraction of sp³-hybridized carbons (Fsp3) is 0. The first-order valence-electron chi connectivity index (χ1n) is 4.73. The van der Waals surface area contributed by atoms with E-state index in [0.717, 1.165) is 0 Å². The van der Waals surface area contributed by atoms with Gasteiger partial charge in [0.25, 0.3) is 0 Å². The van der Waals surface area contributed by atoms with Crippen molar-refractivity contribution in [2.24, 2.45) is 0 Å². The van der Waals surface area contributed by atoms with E-state index in [0.29, 0.717) is 0 Å². The van der Waals surface area contributed by atoms with Gasteiger partial charge in [0.15, 0.2) is 0 Å². The van der Waals surface area contributed by atoms with Crippen LogP contribution in [0.5, 0.6) is 0 Å². The van der Waals surface area contributed by atoms with Crippen molar-refractivity contribution in [1.82, 2.24) is 0 Å². The molecule has 0 spiro atoms. The maximum absolute atomic E-state index is 2.12. The van der Waals surface area contributed by atoms with Crippen LogP contribution in [-0.2, 0) is 0 Å². The molecule has 2 aromatic carbocycles. The van der Waals surface area contributed by atoms with Gasteiger partial charge in [0.1, 0.15) is 0 Å². The summed E-state index contributed by atoms with van der Waals surface area (Å²) in [6.45, 7) is 0. The first-order chi connectivity index (χ1) is 6.95. The van der Waals surface area contributed by atoms with E-state index in [9.17, 15) is 0 Å². The van der Waals surface area contributed by atoms with Gasteiger partial charge >= 0.3 is 29.6 Å². The summed E-state index contributed by atoms with van der Waals surface area (Å²) in [4.78, 5) is 0. The number of hydrogen-bond acceptors (Lipinski definition) is 0. The third-order valence-electron chi connectivity index (χ3n) is 2.07. The molecule has 0 amide bonds. The predicted octanol–water partition coefficient (Wildman–Crippen LogP) is 3.21. The average Bonchev–Trinajstić information content (AvgIpc) is 2.29. The molecule has 0 fully saturated rings. The molecule has 15 heavy (non-hydrogen) atoms. The van der Waals surface area contributed by atoms with Crippen molar-refractivity contribution in [2.75, 3.05) is 0 Å². The third kappa shape index (κ3) is 4.05. The molecule has 0 radical (unpaired) electrons. The molecule has 2 rings (SSSR count). The van der Waals surface area contributed by atoms with Crippen LogP contribution < -0.4 is 0 Å². The van der Waals surface area contributed by atoms with Gasteiger partial charge in [-0.25, -0.2) is 0 Å². The SMILES string of the molecule is C(=C\c1ccccc1)/c1ccccc1.[NaH]. The van der Waals surface area contributed by atoms with Crippen molar-refractivity contribution < 1.29 is 0 Å². The Labute approximate surface area is 113 Å². The zero-order valence-electron chi connectivity index (χ0n) is 7.93. The maximum atomic E-state index is 2.12. The molecule has 0 aromatic heterocycles. The summed E-state index contributed by atoms with van der Waals surface area (Å²) in [6, 6.07) is 20.6. The van der Waals surface area contributed by atoms with Gasteiger partial charge in [-0.3, -0.25) is 0 Å². The molecule has 0 aliphatic carbocycles. The Bertz CT molecular complexity index is 362. The van der Waals surface area contributed by atoms with E-state index in [2.05, 4.69) is 36.4 Å². The van der Waals surface area contributed by atoms with Gasteiger partial charge in [-0.05, 0) is 11.1 Å². The summed E-state index contributed by atoms with van der Waals surface area (Å²) in [6.07, 6.45) is 4.24. The minimum absolute atomic E-state index is 0. The van der Waals surface area contributed by atoms with E-state index in [1.54, 1.807) is 0 Å². The van der Waals surface area contributed by atoms with Crippen LogP contribution in [0.2, 0.25) is 0 Å². The van der Waals surface area contributed by atoms with Crippen molar-refractivity contribution in [2.45, 2.75) is 0 Å². The second kappa shape index (κ2) is 6.62. The molecule has 0 saturated heterocycles. The molecule has 1 heteroatoms. The van der Waals surface area contributed by atoms with E-state index in [1.165, 1.54) is 11.1 Å². The molecular weight excluding hydrogens is 191 g/mol. The third-order valence-corrected chi connectivity index (χ3v) is 2.07. The quantitative estimate of drug-likeness (QED) is 0.520. The topological polar surface area (TPSA) is 0 Å². The van der Waals surface area contributed by atoms with Crippen LogP contribution in [0.3, 0.4) is 0 Å². The molecule has 0 bridgehead atoms. The number of rotatable bonds is 2. The minimum atomic E-state index is 0. The Balaban J connectivity index is 0.00000112. The van der Waals surface area contributed by atoms with Gasteiger partial charge in [-0.15, -0.1) is 0 Å². The van der Waals surface area contributed by atoms with Crippen molar-refractivity contribution in [3.05, 3.63) is 71.8 Å². The molecule has 0 aliphatic heterocycles. The second-order valence-electron chi connectivity index (χ2n) is 3.15. The Morgan fingerprint density at radius 3 is 1.20 bits per heavy atom. The molecule has 2 aromatic rings. The Morgan fingerprint density at radius 2 is 0.867 bits per heavy atom. The van der Waals surface area contributed by atoms with E-state index in [4.69, 9.17) is 0 Å². The summed E-state index contributed by atoms with van der Waals surface area (Å²) in [5.41, 5.74) is 2.47. The van der Waals surface area contributed by atoms with Crippen LogP contribution in [0.15, 0.2) is 60.7 Å². The van der Waals surface area contributed by atoms with E-state index >= 15 is 0 Å². The molecule has 0 atom stereocenters. The van der Waals surface area contributed by atoms with Crippen LogP contribution in [-0.4, -0.2) is 29.6 Å². The molecule has 0 saturated carbocycles. The summed E-state index contributed by atoms with van der Waals surface area (Å²) >= 11 is 0. The van der Waals surface area contributed by atoms with Crippen LogP contribution in [0, 0.1) is 0 Å². The van der Waals surface area contributed by atoms with Crippen LogP contribution >= 0.6 is 0 Å². The van der Waals surface area contributed by atoms with E-state index in [1.807, 2.05) is 36.4 Å². The Hall–Kier alpha value is -0.820. The molecule has 0 unspecified atom stereocenters. The summed E-state index contributed by atoms with van der Waals surface area (Å²) in [5, 5.41) is 0. The summed E-state index contributed by atoms with van der Waals surface area (Å²) < 4.78 is 0. The fourth-order valence-electron chi connectivity index (χ4n) is 1.32. The van der Waals surface area contributed by atoms with Gasteiger partial charge in [-0.2, -0.15) is 0 Å². The summed E-state index contributed by atoms with van der Waals surface area (Å²) in [5.74, 6) is 0. The molecule has 0 heterocycles. The van der Waals surface area contributed by atoms with E-state index < -0.39 is 0 Å². The fourth-order valence-corrected chi connectivity index (χ4v) is 1.32. The molecular formula is C14H13Na. The molecule has 0 nitrogen and oxygen atoms in total.